The van der Waals surface area contributed by atoms with E-state index < -0.39 is 0 Å². The summed E-state index contributed by atoms with van der Waals surface area (Å²) >= 11 is 0. The number of nitrogens with zero attached hydrogens (tertiary/aromatic N) is 2. The molecule has 0 saturated carbocycles. The summed E-state index contributed by atoms with van der Waals surface area (Å²) in [6, 6.07) is 58.1. The molecule has 0 fully saturated rings. The maximum atomic E-state index is 9.84. The van der Waals surface area contributed by atoms with E-state index in [0.29, 0.717) is 0 Å². The van der Waals surface area contributed by atoms with E-state index >= 15 is 0 Å². The molecule has 4 nitrogen and oxygen atoms in total. The van der Waals surface area contributed by atoms with Crippen LogP contribution >= 0.6 is 0 Å². The first kappa shape index (κ1) is 30.8. The standard InChI is InChI=1S/C47H36N4/c1-47(2)41-19-11-16-35(29-48)43(41)40-25-24-34(28-42(40)47)30-20-22-31(23-21-30)36-26-27-39(38-18-10-9-17-37(36)38)46-50-44(32-12-5-3-6-13-32)49-45(51-46)33-14-7-4-8-15-33/h3-28,44,46,50H,1-2H3,(H,49,51). The zero-order chi connectivity index (χ0) is 34.5. The maximum Gasteiger partial charge on any atom is 0.131 e. The smallest absolute Gasteiger partial charge is 0.131 e. The van der Waals surface area contributed by atoms with E-state index in [1.54, 1.807) is 0 Å². The summed E-state index contributed by atoms with van der Waals surface area (Å²) in [7, 11) is 0. The highest BCUT2D eigenvalue weighted by Crippen LogP contribution is 2.51. The van der Waals surface area contributed by atoms with Gasteiger partial charge < -0.3 is 5.32 Å². The summed E-state index contributed by atoms with van der Waals surface area (Å²) in [6.45, 7) is 4.52. The minimum atomic E-state index is -0.243. The van der Waals surface area contributed by atoms with Crippen molar-refractivity contribution in [2.45, 2.75) is 31.6 Å². The highest BCUT2D eigenvalue weighted by molar-refractivity contribution is 6.01. The van der Waals surface area contributed by atoms with Crippen molar-refractivity contribution >= 4 is 16.6 Å². The van der Waals surface area contributed by atoms with E-state index in [1.165, 1.54) is 44.2 Å². The molecule has 0 amide bonds. The second kappa shape index (κ2) is 12.2. The molecule has 7 aromatic rings. The third-order valence-corrected chi connectivity index (χ3v) is 10.6. The van der Waals surface area contributed by atoms with Crippen LogP contribution in [-0.4, -0.2) is 5.84 Å². The Hall–Kier alpha value is -6.28. The van der Waals surface area contributed by atoms with Gasteiger partial charge in [-0.2, -0.15) is 5.26 Å². The van der Waals surface area contributed by atoms with Crippen molar-refractivity contribution in [2.75, 3.05) is 0 Å². The van der Waals surface area contributed by atoms with Crippen LogP contribution in [0.25, 0.3) is 44.2 Å². The molecule has 1 aliphatic carbocycles. The molecule has 0 radical (unpaired) electrons. The maximum absolute atomic E-state index is 9.84. The lowest BCUT2D eigenvalue weighted by atomic mass is 9.81. The number of rotatable bonds is 5. The molecule has 4 heteroatoms. The molecule has 51 heavy (non-hydrogen) atoms. The Morgan fingerprint density at radius 3 is 2.02 bits per heavy atom. The average Bonchev–Trinajstić information content (AvgIpc) is 3.43. The van der Waals surface area contributed by atoms with Crippen molar-refractivity contribution in [3.8, 4) is 39.4 Å². The summed E-state index contributed by atoms with van der Waals surface area (Å²) in [6.07, 6.45) is -0.338. The average molecular weight is 657 g/mol. The van der Waals surface area contributed by atoms with Crippen molar-refractivity contribution < 1.29 is 0 Å². The van der Waals surface area contributed by atoms with Gasteiger partial charge in [-0.1, -0.05) is 159 Å². The van der Waals surface area contributed by atoms with Gasteiger partial charge in [-0.25, -0.2) is 4.99 Å². The van der Waals surface area contributed by atoms with E-state index in [-0.39, 0.29) is 17.7 Å². The molecule has 7 aromatic carbocycles. The van der Waals surface area contributed by atoms with E-state index in [0.717, 1.165) is 39.2 Å². The van der Waals surface area contributed by atoms with Crippen molar-refractivity contribution in [3.05, 3.63) is 191 Å². The first-order valence-corrected chi connectivity index (χ1v) is 17.5. The van der Waals surface area contributed by atoms with E-state index in [4.69, 9.17) is 4.99 Å². The van der Waals surface area contributed by atoms with Gasteiger partial charge in [0.2, 0.25) is 0 Å². The van der Waals surface area contributed by atoms with Crippen LogP contribution in [0.3, 0.4) is 0 Å². The van der Waals surface area contributed by atoms with Crippen LogP contribution in [0.2, 0.25) is 0 Å². The molecule has 2 unspecified atom stereocenters. The highest BCUT2D eigenvalue weighted by Gasteiger charge is 2.37. The summed E-state index contributed by atoms with van der Waals surface area (Å²) in [5, 5.41) is 19.6. The normalized spacial score (nSPS) is 17.2. The van der Waals surface area contributed by atoms with Gasteiger partial charge in [-0.3, -0.25) is 5.32 Å². The lowest BCUT2D eigenvalue weighted by Gasteiger charge is -2.32. The fraction of sp³-hybridized carbons (Fsp3) is 0.106. The number of amidine groups is 1. The zero-order valence-electron chi connectivity index (χ0n) is 28.6. The third kappa shape index (κ3) is 5.22. The molecular weight excluding hydrogens is 621 g/mol. The largest absolute Gasteiger partial charge is 0.350 e. The summed E-state index contributed by atoms with van der Waals surface area (Å²) in [4.78, 5) is 5.23. The van der Waals surface area contributed by atoms with Gasteiger partial charge in [-0.15, -0.1) is 0 Å². The number of fused-ring (bicyclic) bond motifs is 4. The van der Waals surface area contributed by atoms with Crippen LogP contribution < -0.4 is 10.6 Å². The lowest BCUT2D eigenvalue weighted by molar-refractivity contribution is 0.410. The molecule has 2 aliphatic rings. The second-order valence-electron chi connectivity index (χ2n) is 14.0. The van der Waals surface area contributed by atoms with Crippen LogP contribution in [0.5, 0.6) is 0 Å². The van der Waals surface area contributed by atoms with Crippen LogP contribution in [0.15, 0.2) is 163 Å². The number of nitriles is 1. The zero-order valence-corrected chi connectivity index (χ0v) is 28.6. The third-order valence-electron chi connectivity index (χ3n) is 10.6. The second-order valence-corrected chi connectivity index (χ2v) is 14.0. The van der Waals surface area contributed by atoms with Crippen LogP contribution in [0.1, 0.15) is 59.6 Å². The van der Waals surface area contributed by atoms with Crippen LogP contribution in [0, 0.1) is 11.3 Å². The fourth-order valence-electron chi connectivity index (χ4n) is 7.99. The van der Waals surface area contributed by atoms with Crippen molar-refractivity contribution in [1.29, 1.82) is 5.26 Å². The summed E-state index contributed by atoms with van der Waals surface area (Å²) < 4.78 is 0. The van der Waals surface area contributed by atoms with Crippen LogP contribution in [0.4, 0.5) is 0 Å². The van der Waals surface area contributed by atoms with Gasteiger partial charge in [0.05, 0.1) is 11.6 Å². The van der Waals surface area contributed by atoms with E-state index in [9.17, 15) is 5.26 Å². The van der Waals surface area contributed by atoms with Crippen molar-refractivity contribution in [2.24, 2.45) is 4.99 Å². The number of aliphatic imine (C=N–C) groups is 1. The molecule has 1 aliphatic heterocycles. The fourth-order valence-corrected chi connectivity index (χ4v) is 7.99. The Morgan fingerprint density at radius 2 is 1.25 bits per heavy atom. The monoisotopic (exact) mass is 656 g/mol. The summed E-state index contributed by atoms with van der Waals surface area (Å²) in [5.74, 6) is 0.876. The Bertz CT molecular complexity index is 2510. The van der Waals surface area contributed by atoms with Gasteiger partial charge in [0.25, 0.3) is 0 Å². The lowest BCUT2D eigenvalue weighted by Crippen LogP contribution is -2.45. The Kier molecular flexibility index (Phi) is 7.38. The molecule has 0 saturated heterocycles. The molecule has 0 bridgehead atoms. The topological polar surface area (TPSA) is 60.2 Å². The molecule has 2 N–H and O–H groups in total. The van der Waals surface area contributed by atoms with Crippen LogP contribution in [-0.2, 0) is 5.41 Å². The minimum absolute atomic E-state index is 0.0951. The SMILES string of the molecule is CC1(C)c2cc(-c3ccc(-c4ccc(C5N=C(c6ccccc6)NC(c6ccccc6)N5)c5ccccc45)cc3)ccc2-c2c(C#N)cccc21. The van der Waals surface area contributed by atoms with E-state index in [2.05, 4.69) is 164 Å². The predicted octanol–water partition coefficient (Wildman–Crippen LogP) is 10.7. The van der Waals surface area contributed by atoms with Gasteiger partial charge in [0, 0.05) is 16.5 Å². The highest BCUT2D eigenvalue weighted by atomic mass is 15.3. The molecule has 1 heterocycles. The summed E-state index contributed by atoms with van der Waals surface area (Å²) in [5.41, 5.74) is 13.4. The number of benzene rings is 7. The Morgan fingerprint density at radius 1 is 0.588 bits per heavy atom. The molecule has 0 aromatic heterocycles. The molecular formula is C47H36N4. The van der Waals surface area contributed by atoms with E-state index in [1.807, 2.05) is 24.3 Å². The minimum Gasteiger partial charge on any atom is -0.350 e. The number of hydrogen-bond donors (Lipinski definition) is 2. The Balaban J connectivity index is 1.07. The first-order chi connectivity index (χ1) is 25.0. The molecule has 0 spiro atoms. The quantitative estimate of drug-likeness (QED) is 0.194. The van der Waals surface area contributed by atoms with Gasteiger partial charge in [-0.05, 0) is 73.0 Å². The number of nitrogens with one attached hydrogen (secondary N) is 2. The molecule has 9 rings (SSSR count). The first-order valence-electron chi connectivity index (χ1n) is 17.5. The number of hydrogen-bond acceptors (Lipinski definition) is 4. The predicted molar refractivity (Wildman–Crippen MR) is 208 cm³/mol. The molecule has 244 valence electrons. The van der Waals surface area contributed by atoms with Crippen molar-refractivity contribution in [3.63, 3.8) is 0 Å². The van der Waals surface area contributed by atoms with Gasteiger partial charge in [0.15, 0.2) is 0 Å². The van der Waals surface area contributed by atoms with Crippen molar-refractivity contribution in [1.82, 2.24) is 10.6 Å². The van der Waals surface area contributed by atoms with Gasteiger partial charge in [0.1, 0.15) is 18.2 Å². The molecule has 2 atom stereocenters. The Labute approximate surface area is 298 Å². The van der Waals surface area contributed by atoms with Gasteiger partial charge >= 0.3 is 0 Å².